The minimum atomic E-state index is -0.546. The van der Waals surface area contributed by atoms with Crippen molar-refractivity contribution in [3.8, 4) is 17.4 Å². The van der Waals surface area contributed by atoms with E-state index in [2.05, 4.69) is 62.6 Å². The molecule has 232 valence electrons. The summed E-state index contributed by atoms with van der Waals surface area (Å²) in [5.41, 5.74) is 2.44. The van der Waals surface area contributed by atoms with Crippen LogP contribution in [0.15, 0.2) is 83.6 Å². The zero-order valence-electron chi connectivity index (χ0n) is 25.6. The largest absolute Gasteiger partial charge is 0.453 e. The number of nitrogens with zero attached hydrogens (tertiary/aromatic N) is 5. The summed E-state index contributed by atoms with van der Waals surface area (Å²) in [6.07, 6.45) is 5.97. The van der Waals surface area contributed by atoms with Crippen LogP contribution in [0.2, 0.25) is 5.02 Å². The molecule has 0 N–H and O–H groups in total. The molecule has 0 unspecified atom stereocenters. The van der Waals surface area contributed by atoms with Gasteiger partial charge in [-0.2, -0.15) is 4.98 Å². The van der Waals surface area contributed by atoms with E-state index < -0.39 is 5.60 Å². The van der Waals surface area contributed by atoms with Crippen LogP contribution in [0.4, 0.5) is 4.79 Å². The Morgan fingerprint density at radius 2 is 1.78 bits per heavy atom. The fraction of sp³-hybridized carbons (Fsp3) is 0.343. The summed E-state index contributed by atoms with van der Waals surface area (Å²) in [7, 11) is 0. The lowest BCUT2D eigenvalue weighted by Gasteiger charge is -2.39. The van der Waals surface area contributed by atoms with Crippen molar-refractivity contribution in [1.29, 1.82) is 0 Å². The Bertz CT molecular complexity index is 1770. The van der Waals surface area contributed by atoms with Crippen molar-refractivity contribution in [2.24, 2.45) is 5.92 Å². The Morgan fingerprint density at radius 1 is 1.02 bits per heavy atom. The van der Waals surface area contributed by atoms with Crippen LogP contribution in [0.25, 0.3) is 22.2 Å². The molecule has 1 amide bonds. The third-order valence-electron chi connectivity index (χ3n) is 7.99. The first-order chi connectivity index (χ1) is 21.7. The molecule has 45 heavy (non-hydrogen) atoms. The number of carbonyl (C=O) groups excluding carboxylic acids is 1. The van der Waals surface area contributed by atoms with Crippen molar-refractivity contribution >= 4 is 28.5 Å². The second kappa shape index (κ2) is 13.2. The van der Waals surface area contributed by atoms with Crippen LogP contribution in [-0.4, -0.2) is 49.8 Å². The van der Waals surface area contributed by atoms with Crippen LogP contribution in [0.3, 0.4) is 0 Å². The topological polar surface area (TPSA) is 103 Å². The van der Waals surface area contributed by atoms with E-state index >= 15 is 0 Å². The smallest absolute Gasteiger partial charge is 0.410 e. The molecule has 0 radical (unpaired) electrons. The highest BCUT2D eigenvalue weighted by molar-refractivity contribution is 6.33. The number of aryl methyl sites for hydroxylation is 1. The van der Waals surface area contributed by atoms with Crippen molar-refractivity contribution in [3.05, 3.63) is 101 Å². The molecule has 1 saturated heterocycles. The summed E-state index contributed by atoms with van der Waals surface area (Å²) in [6.45, 7) is 6.93. The third kappa shape index (κ3) is 7.60. The van der Waals surface area contributed by atoms with E-state index in [-0.39, 0.29) is 30.5 Å². The first-order valence-corrected chi connectivity index (χ1v) is 15.6. The van der Waals surface area contributed by atoms with E-state index in [0.717, 1.165) is 24.8 Å². The summed E-state index contributed by atoms with van der Waals surface area (Å²) >= 11 is 6.25. The van der Waals surface area contributed by atoms with Crippen molar-refractivity contribution in [2.45, 2.75) is 58.2 Å². The zero-order chi connectivity index (χ0) is 31.4. The number of aromatic nitrogens is 4. The number of carbonyl (C=O) groups is 1. The molecule has 2 atom stereocenters. The molecule has 0 bridgehead atoms. The Kier molecular flexibility index (Phi) is 8.98. The van der Waals surface area contributed by atoms with Gasteiger partial charge in [-0.1, -0.05) is 71.4 Å². The molecule has 3 heterocycles. The van der Waals surface area contributed by atoms with Gasteiger partial charge < -0.3 is 18.9 Å². The summed E-state index contributed by atoms with van der Waals surface area (Å²) in [5, 5.41) is 7.01. The Morgan fingerprint density at radius 3 is 2.56 bits per heavy atom. The predicted octanol–water partition coefficient (Wildman–Crippen LogP) is 7.89. The maximum atomic E-state index is 13.0. The van der Waals surface area contributed by atoms with Gasteiger partial charge in [0.2, 0.25) is 5.82 Å². The number of benzene rings is 3. The molecule has 1 aliphatic rings. The van der Waals surface area contributed by atoms with Crippen molar-refractivity contribution in [1.82, 2.24) is 25.0 Å². The van der Waals surface area contributed by atoms with Gasteiger partial charge in [-0.25, -0.2) is 14.8 Å². The summed E-state index contributed by atoms with van der Waals surface area (Å²) in [5.74, 6) is 1.07. The molecule has 10 heteroatoms. The molecule has 6 rings (SSSR count). The Labute approximate surface area is 267 Å². The van der Waals surface area contributed by atoms with Gasteiger partial charge in [0.15, 0.2) is 6.61 Å². The van der Waals surface area contributed by atoms with E-state index in [1.165, 1.54) is 16.3 Å². The van der Waals surface area contributed by atoms with E-state index in [1.807, 2.05) is 56.3 Å². The lowest BCUT2D eigenvalue weighted by Crippen LogP contribution is -2.45. The molecule has 0 saturated carbocycles. The quantitative estimate of drug-likeness (QED) is 0.171. The van der Waals surface area contributed by atoms with Crippen molar-refractivity contribution < 1.29 is 18.8 Å². The highest BCUT2D eigenvalue weighted by atomic mass is 35.5. The third-order valence-corrected chi connectivity index (χ3v) is 8.32. The van der Waals surface area contributed by atoms with Gasteiger partial charge in [0.05, 0.1) is 5.02 Å². The molecule has 5 aromatic rings. The molecule has 0 aliphatic carbocycles. The normalized spacial score (nSPS) is 16.9. The van der Waals surface area contributed by atoms with Gasteiger partial charge in [-0.05, 0) is 85.9 Å². The number of hydrogen-bond donors (Lipinski definition) is 0. The van der Waals surface area contributed by atoms with Crippen LogP contribution in [0, 0.1) is 5.92 Å². The zero-order valence-corrected chi connectivity index (χ0v) is 26.4. The van der Waals surface area contributed by atoms with Gasteiger partial charge in [-0.3, -0.25) is 0 Å². The van der Waals surface area contributed by atoms with Gasteiger partial charge in [0, 0.05) is 31.0 Å². The Balaban J connectivity index is 1.13. The highest BCUT2D eigenvalue weighted by Crippen LogP contribution is 2.36. The van der Waals surface area contributed by atoms with Crippen LogP contribution >= 0.6 is 11.6 Å². The molecular weight excluding hydrogens is 590 g/mol. The monoisotopic (exact) mass is 625 g/mol. The minimum Gasteiger partial charge on any atom is -0.453 e. The number of halogens is 1. The summed E-state index contributed by atoms with van der Waals surface area (Å²) in [6, 6.07) is 22.5. The van der Waals surface area contributed by atoms with Crippen molar-refractivity contribution in [2.75, 3.05) is 13.1 Å². The van der Waals surface area contributed by atoms with Crippen LogP contribution in [0.5, 0.6) is 6.01 Å². The first-order valence-electron chi connectivity index (χ1n) is 15.2. The average molecular weight is 626 g/mol. The molecule has 0 spiro atoms. The highest BCUT2D eigenvalue weighted by Gasteiger charge is 2.34. The number of hydrogen-bond acceptors (Lipinski definition) is 8. The maximum absolute atomic E-state index is 13.0. The van der Waals surface area contributed by atoms with Crippen LogP contribution in [0.1, 0.15) is 56.5 Å². The predicted molar refractivity (Wildman–Crippen MR) is 172 cm³/mol. The first kappa shape index (κ1) is 30.5. The fourth-order valence-corrected chi connectivity index (χ4v) is 6.01. The number of rotatable bonds is 8. The summed E-state index contributed by atoms with van der Waals surface area (Å²) < 4.78 is 16.8. The number of amides is 1. The van der Waals surface area contributed by atoms with E-state index in [0.29, 0.717) is 35.4 Å². The lowest BCUT2D eigenvalue weighted by atomic mass is 9.78. The molecule has 9 nitrogen and oxygen atoms in total. The van der Waals surface area contributed by atoms with Crippen LogP contribution < -0.4 is 4.74 Å². The van der Waals surface area contributed by atoms with Crippen LogP contribution in [-0.2, 0) is 17.8 Å². The van der Waals surface area contributed by atoms with Gasteiger partial charge >= 0.3 is 12.1 Å². The Hall–Kier alpha value is -4.50. The van der Waals surface area contributed by atoms with E-state index in [4.69, 9.17) is 25.6 Å². The summed E-state index contributed by atoms with van der Waals surface area (Å²) in [4.78, 5) is 28.2. The number of fused-ring (bicyclic) bond motifs is 1. The lowest BCUT2D eigenvalue weighted by molar-refractivity contribution is 0.0139. The molecule has 3 aromatic carbocycles. The second-order valence-electron chi connectivity index (χ2n) is 12.4. The number of ether oxygens (including phenoxy) is 2. The van der Waals surface area contributed by atoms with Crippen molar-refractivity contribution in [3.63, 3.8) is 0 Å². The van der Waals surface area contributed by atoms with Gasteiger partial charge in [-0.15, -0.1) is 0 Å². The second-order valence-corrected chi connectivity index (χ2v) is 12.8. The molecular formula is C35H36ClN5O4. The molecule has 2 aromatic heterocycles. The van der Waals surface area contributed by atoms with Gasteiger partial charge in [0.25, 0.3) is 5.89 Å². The SMILES string of the molecule is CC(C)(C)OC(=O)N1CC[C@H](c2cnc(OCc3nc(-c4ccccc4Cl)no3)nc2)[C@@H](CCc2ccc3ccccc3c2)C1. The van der Waals surface area contributed by atoms with Gasteiger partial charge in [0.1, 0.15) is 5.60 Å². The molecule has 1 fully saturated rings. The maximum Gasteiger partial charge on any atom is 0.410 e. The average Bonchev–Trinajstić information content (AvgIpc) is 3.51. The molecule has 1 aliphatic heterocycles. The standard InChI is InChI=1S/C35H36ClN5O4/c1-35(2,3)44-34(42)41-17-16-28(26(21-41)15-13-23-12-14-24-8-4-5-9-25(24)18-23)27-19-37-33(38-20-27)43-22-31-39-32(40-45-31)29-10-6-7-11-30(29)36/h4-12,14,18-20,26,28H,13,15-17,21-22H2,1-3H3/t26-,28-/m0/s1. The fourth-order valence-electron chi connectivity index (χ4n) is 5.79. The number of likely N-dealkylation sites (tertiary alicyclic amines) is 1. The van der Waals surface area contributed by atoms with E-state index in [9.17, 15) is 4.79 Å². The minimum absolute atomic E-state index is 0.0272. The number of piperidine rings is 1. The van der Waals surface area contributed by atoms with E-state index in [1.54, 1.807) is 6.07 Å².